The van der Waals surface area contributed by atoms with Crippen molar-refractivity contribution in [3.63, 3.8) is 0 Å². The monoisotopic (exact) mass is 290 g/mol. The number of hydrogen-bond donors (Lipinski definition) is 0. The number of carbonyl (C=O) groups excluding carboxylic acids is 1. The molecule has 2 aromatic rings. The molecule has 0 heterocycles. The van der Waals surface area contributed by atoms with Crippen molar-refractivity contribution in [2.75, 3.05) is 0 Å². The summed E-state index contributed by atoms with van der Waals surface area (Å²) in [6, 6.07) is 20.0. The van der Waals surface area contributed by atoms with Crippen LogP contribution >= 0.6 is 0 Å². The molecule has 0 aliphatic heterocycles. The molecule has 0 aromatic heterocycles. The molecule has 22 heavy (non-hydrogen) atoms. The summed E-state index contributed by atoms with van der Waals surface area (Å²) < 4.78 is 0. The van der Waals surface area contributed by atoms with Gasteiger partial charge in [-0.3, -0.25) is 4.79 Å². The normalized spacial score (nSPS) is 16.5. The van der Waals surface area contributed by atoms with E-state index in [4.69, 9.17) is 0 Å². The molecule has 0 radical (unpaired) electrons. The zero-order valence-corrected chi connectivity index (χ0v) is 12.9. The van der Waals surface area contributed by atoms with Gasteiger partial charge in [0.1, 0.15) is 0 Å². The molecule has 0 N–H and O–H groups in total. The molecule has 3 rings (SSSR count). The third-order valence-electron chi connectivity index (χ3n) is 4.50. The van der Waals surface area contributed by atoms with Crippen LogP contribution in [0.3, 0.4) is 0 Å². The quantitative estimate of drug-likeness (QED) is 0.534. The van der Waals surface area contributed by atoms with Crippen LogP contribution in [0.5, 0.6) is 0 Å². The van der Waals surface area contributed by atoms with Gasteiger partial charge in [-0.05, 0) is 36.0 Å². The first-order valence-corrected chi connectivity index (χ1v) is 8.21. The smallest absolute Gasteiger partial charge is 0.186 e. The Bertz CT molecular complexity index is 634. The van der Waals surface area contributed by atoms with Crippen LogP contribution in [0.1, 0.15) is 48.0 Å². The summed E-state index contributed by atoms with van der Waals surface area (Å²) in [5, 5.41) is 0. The van der Waals surface area contributed by atoms with Gasteiger partial charge in [-0.25, -0.2) is 0 Å². The van der Waals surface area contributed by atoms with E-state index >= 15 is 0 Å². The molecule has 1 aliphatic rings. The molecule has 0 unspecified atom stereocenters. The van der Waals surface area contributed by atoms with Crippen molar-refractivity contribution in [3.05, 3.63) is 77.9 Å². The van der Waals surface area contributed by atoms with Crippen molar-refractivity contribution < 1.29 is 4.79 Å². The molecular formula is C21H22O. The van der Waals surface area contributed by atoms with Crippen LogP contribution in [0.2, 0.25) is 0 Å². The maximum absolute atomic E-state index is 12.6. The summed E-state index contributed by atoms with van der Waals surface area (Å²) in [4.78, 5) is 12.6. The minimum Gasteiger partial charge on any atom is -0.289 e. The Hall–Kier alpha value is -2.15. The van der Waals surface area contributed by atoms with E-state index in [9.17, 15) is 4.79 Å². The molecule has 0 amide bonds. The lowest BCUT2D eigenvalue weighted by Crippen LogP contribution is -2.10. The largest absolute Gasteiger partial charge is 0.289 e. The predicted octanol–water partition coefficient (Wildman–Crippen LogP) is 5.53. The van der Waals surface area contributed by atoms with E-state index in [1.165, 1.54) is 43.2 Å². The van der Waals surface area contributed by atoms with Gasteiger partial charge in [-0.1, -0.05) is 79.9 Å². The van der Waals surface area contributed by atoms with E-state index in [0.29, 0.717) is 5.92 Å². The second-order valence-corrected chi connectivity index (χ2v) is 6.03. The topological polar surface area (TPSA) is 17.1 Å². The average molecular weight is 290 g/mol. The van der Waals surface area contributed by atoms with E-state index in [1.54, 1.807) is 0 Å². The SMILES string of the molecule is O=C(/C=C(/c1ccccc1)C1CCCCC1)c1ccccc1. The third-order valence-corrected chi connectivity index (χ3v) is 4.50. The van der Waals surface area contributed by atoms with E-state index in [1.807, 2.05) is 42.5 Å². The number of rotatable bonds is 4. The second kappa shape index (κ2) is 7.22. The number of ketones is 1. The van der Waals surface area contributed by atoms with Gasteiger partial charge in [0, 0.05) is 5.56 Å². The zero-order chi connectivity index (χ0) is 15.2. The highest BCUT2D eigenvalue weighted by atomic mass is 16.1. The van der Waals surface area contributed by atoms with Gasteiger partial charge in [0.2, 0.25) is 0 Å². The summed E-state index contributed by atoms with van der Waals surface area (Å²) in [6.07, 6.45) is 8.14. The van der Waals surface area contributed by atoms with Crippen molar-refractivity contribution in [2.45, 2.75) is 32.1 Å². The Morgan fingerprint density at radius 3 is 1.91 bits per heavy atom. The minimum atomic E-state index is 0.116. The minimum absolute atomic E-state index is 0.116. The van der Waals surface area contributed by atoms with Gasteiger partial charge in [0.15, 0.2) is 5.78 Å². The second-order valence-electron chi connectivity index (χ2n) is 6.03. The maximum atomic E-state index is 12.6. The Kier molecular flexibility index (Phi) is 4.85. The first-order chi connectivity index (χ1) is 10.8. The molecule has 0 saturated heterocycles. The van der Waals surface area contributed by atoms with E-state index < -0.39 is 0 Å². The van der Waals surface area contributed by atoms with Gasteiger partial charge in [-0.15, -0.1) is 0 Å². The van der Waals surface area contributed by atoms with E-state index in [-0.39, 0.29) is 5.78 Å². The van der Waals surface area contributed by atoms with Crippen LogP contribution in [0.4, 0.5) is 0 Å². The summed E-state index contributed by atoms with van der Waals surface area (Å²) in [5.74, 6) is 0.633. The highest BCUT2D eigenvalue weighted by molar-refractivity contribution is 6.08. The lowest BCUT2D eigenvalue weighted by Gasteiger charge is -2.25. The van der Waals surface area contributed by atoms with Crippen LogP contribution in [0, 0.1) is 5.92 Å². The first-order valence-electron chi connectivity index (χ1n) is 8.21. The van der Waals surface area contributed by atoms with Gasteiger partial charge in [0.05, 0.1) is 0 Å². The van der Waals surface area contributed by atoms with Crippen LogP contribution in [-0.2, 0) is 0 Å². The Labute approximate surface area is 132 Å². The fourth-order valence-electron chi connectivity index (χ4n) is 3.31. The fourth-order valence-corrected chi connectivity index (χ4v) is 3.31. The molecule has 1 fully saturated rings. The third kappa shape index (κ3) is 3.54. The van der Waals surface area contributed by atoms with Crippen molar-refractivity contribution in [3.8, 4) is 0 Å². The summed E-state index contributed by atoms with van der Waals surface area (Å²) in [7, 11) is 0. The lowest BCUT2D eigenvalue weighted by molar-refractivity contribution is 0.104. The van der Waals surface area contributed by atoms with Crippen LogP contribution in [0.25, 0.3) is 5.57 Å². The number of carbonyl (C=O) groups is 1. The highest BCUT2D eigenvalue weighted by Crippen LogP contribution is 2.35. The van der Waals surface area contributed by atoms with Crippen LogP contribution < -0.4 is 0 Å². The van der Waals surface area contributed by atoms with E-state index in [0.717, 1.165) is 5.56 Å². The molecule has 1 heteroatoms. The van der Waals surface area contributed by atoms with Gasteiger partial charge in [-0.2, -0.15) is 0 Å². The zero-order valence-electron chi connectivity index (χ0n) is 12.9. The van der Waals surface area contributed by atoms with E-state index in [2.05, 4.69) is 24.3 Å². The van der Waals surface area contributed by atoms with Crippen molar-refractivity contribution in [1.29, 1.82) is 0 Å². The van der Waals surface area contributed by atoms with Gasteiger partial charge >= 0.3 is 0 Å². The fraction of sp³-hybridized carbons (Fsp3) is 0.286. The molecule has 1 aliphatic carbocycles. The summed E-state index contributed by atoms with van der Waals surface area (Å²) in [6.45, 7) is 0. The molecule has 2 aromatic carbocycles. The Morgan fingerprint density at radius 1 is 0.773 bits per heavy atom. The lowest BCUT2D eigenvalue weighted by atomic mass is 9.80. The molecule has 1 nitrogen and oxygen atoms in total. The molecule has 112 valence electrons. The predicted molar refractivity (Wildman–Crippen MR) is 91.8 cm³/mol. The van der Waals surface area contributed by atoms with Crippen LogP contribution in [0.15, 0.2) is 66.7 Å². The highest BCUT2D eigenvalue weighted by Gasteiger charge is 2.20. The van der Waals surface area contributed by atoms with Crippen molar-refractivity contribution >= 4 is 11.4 Å². The summed E-state index contributed by atoms with van der Waals surface area (Å²) in [5.41, 5.74) is 3.18. The van der Waals surface area contributed by atoms with Crippen molar-refractivity contribution in [2.24, 2.45) is 5.92 Å². The molecule has 1 saturated carbocycles. The molecule has 0 spiro atoms. The maximum Gasteiger partial charge on any atom is 0.186 e. The Balaban J connectivity index is 1.94. The van der Waals surface area contributed by atoms with Crippen LogP contribution in [-0.4, -0.2) is 5.78 Å². The molecule has 0 bridgehead atoms. The van der Waals surface area contributed by atoms with Gasteiger partial charge in [0.25, 0.3) is 0 Å². The standard InChI is InChI=1S/C21H22O/c22-21(19-14-8-3-9-15-19)16-20(17-10-4-1-5-11-17)18-12-6-2-7-13-18/h1,3-5,8-11,14-16,18H,2,6-7,12-13H2/b20-16-. The number of allylic oxidation sites excluding steroid dienone is 2. The van der Waals surface area contributed by atoms with Crippen molar-refractivity contribution in [1.82, 2.24) is 0 Å². The average Bonchev–Trinajstić information content (AvgIpc) is 2.62. The Morgan fingerprint density at radius 2 is 1.32 bits per heavy atom. The molecular weight excluding hydrogens is 268 g/mol. The first kappa shape index (κ1) is 14.8. The number of hydrogen-bond acceptors (Lipinski definition) is 1. The summed E-state index contributed by atoms with van der Waals surface area (Å²) >= 11 is 0. The molecule has 0 atom stereocenters. The van der Waals surface area contributed by atoms with Gasteiger partial charge < -0.3 is 0 Å². The number of benzene rings is 2.